The number of hydrogen-bond donors (Lipinski definition) is 0. The zero-order chi connectivity index (χ0) is 43.8. The molecular weight excluding hydrogens is 793 g/mol. The Kier molecular flexibility index (Phi) is 9.97. The predicted octanol–water partition coefficient (Wildman–Crippen LogP) is 18.5. The van der Waals surface area contributed by atoms with Crippen molar-refractivity contribution in [1.29, 1.82) is 0 Å². The molecule has 0 amide bonds. The lowest BCUT2D eigenvalue weighted by molar-refractivity contribution is 1.58. The van der Waals surface area contributed by atoms with E-state index in [9.17, 15) is 0 Å². The fourth-order valence-electron chi connectivity index (χ4n) is 10.3. The van der Waals surface area contributed by atoms with Crippen molar-refractivity contribution < 1.29 is 0 Å². The number of rotatable bonds is 8. The standard InChI is InChI=1S/C66H44/c1-3-21-48(22-4-1)63-55-30-11-13-32-57(55)65(58-33-14-12-31-56(58)63)51-26-19-25-50(44-51)46-41-38-45(39-42-46)40-43-47-20-7-8-27-52(47)53-28-9-10-29-54(53)66-61-36-17-15-34-59(61)64(49-23-5-2-6-24-49)60-35-16-18-37-62(60)66/h1-44H. The van der Waals surface area contributed by atoms with E-state index >= 15 is 0 Å². The van der Waals surface area contributed by atoms with Crippen molar-refractivity contribution >= 4 is 55.2 Å². The summed E-state index contributed by atoms with van der Waals surface area (Å²) < 4.78 is 0. The van der Waals surface area contributed by atoms with Gasteiger partial charge in [0.25, 0.3) is 0 Å². The average molecular weight is 837 g/mol. The second-order valence-electron chi connectivity index (χ2n) is 17.1. The highest BCUT2D eigenvalue weighted by atomic mass is 14.2. The van der Waals surface area contributed by atoms with Gasteiger partial charge in [-0.15, -0.1) is 0 Å². The number of benzene rings is 12. The summed E-state index contributed by atoms with van der Waals surface area (Å²) in [4.78, 5) is 0. The van der Waals surface area contributed by atoms with Crippen LogP contribution in [0.4, 0.5) is 0 Å². The molecule has 0 aliphatic rings. The minimum absolute atomic E-state index is 1.15. The van der Waals surface area contributed by atoms with Crippen molar-refractivity contribution in [2.45, 2.75) is 0 Å². The molecule has 0 aliphatic heterocycles. The average Bonchev–Trinajstić information content (AvgIpc) is 3.39. The van der Waals surface area contributed by atoms with Crippen molar-refractivity contribution in [2.24, 2.45) is 0 Å². The van der Waals surface area contributed by atoms with Crippen molar-refractivity contribution in [1.82, 2.24) is 0 Å². The highest BCUT2D eigenvalue weighted by Gasteiger charge is 2.20. The van der Waals surface area contributed by atoms with Crippen LogP contribution in [0.1, 0.15) is 11.1 Å². The topological polar surface area (TPSA) is 0 Å². The maximum absolute atomic E-state index is 2.36. The Morgan fingerprint density at radius 1 is 0.197 bits per heavy atom. The van der Waals surface area contributed by atoms with Crippen molar-refractivity contribution in [3.8, 4) is 66.8 Å². The Labute approximate surface area is 386 Å². The van der Waals surface area contributed by atoms with Gasteiger partial charge < -0.3 is 0 Å². The quantitative estimate of drug-likeness (QED) is 0.106. The molecule has 0 heteroatoms. The second kappa shape index (κ2) is 16.8. The molecule has 0 unspecified atom stereocenters. The molecule has 0 radical (unpaired) electrons. The molecule has 0 saturated heterocycles. The summed E-state index contributed by atoms with van der Waals surface area (Å²) in [6.07, 6.45) is 4.51. The van der Waals surface area contributed by atoms with Crippen LogP contribution in [-0.2, 0) is 0 Å². The van der Waals surface area contributed by atoms with Crippen LogP contribution < -0.4 is 0 Å². The summed E-state index contributed by atoms with van der Waals surface area (Å²) in [5, 5.41) is 10.1. The molecule has 0 saturated carbocycles. The first kappa shape index (κ1) is 39.0. The van der Waals surface area contributed by atoms with Gasteiger partial charge in [-0.2, -0.15) is 0 Å². The van der Waals surface area contributed by atoms with Crippen LogP contribution in [0.15, 0.2) is 255 Å². The van der Waals surface area contributed by atoms with Gasteiger partial charge in [0.2, 0.25) is 0 Å². The van der Waals surface area contributed by atoms with Gasteiger partial charge in [-0.3, -0.25) is 0 Å². The Morgan fingerprint density at radius 2 is 0.561 bits per heavy atom. The third-order valence-corrected chi connectivity index (χ3v) is 13.3. The Morgan fingerprint density at radius 3 is 1.06 bits per heavy atom. The smallest absolute Gasteiger partial charge is 0.00201 e. The van der Waals surface area contributed by atoms with Crippen LogP contribution in [0.5, 0.6) is 0 Å². The fraction of sp³-hybridized carbons (Fsp3) is 0. The lowest BCUT2D eigenvalue weighted by atomic mass is 9.83. The largest absolute Gasteiger partial charge is 0.0622 e. The van der Waals surface area contributed by atoms with E-state index < -0.39 is 0 Å². The molecule has 0 nitrogen and oxygen atoms in total. The molecular formula is C66H44. The summed E-state index contributed by atoms with van der Waals surface area (Å²) in [6.45, 7) is 0. The van der Waals surface area contributed by atoms with E-state index in [-0.39, 0.29) is 0 Å². The first-order valence-corrected chi connectivity index (χ1v) is 22.8. The molecule has 0 bridgehead atoms. The highest BCUT2D eigenvalue weighted by Crippen LogP contribution is 2.47. The molecule has 0 atom stereocenters. The summed E-state index contributed by atoms with van der Waals surface area (Å²) in [5.41, 5.74) is 17.1. The first-order valence-electron chi connectivity index (χ1n) is 22.8. The lowest BCUT2D eigenvalue weighted by Crippen LogP contribution is -1.93. The molecule has 0 aromatic heterocycles. The molecule has 0 fully saturated rings. The van der Waals surface area contributed by atoms with Crippen LogP contribution in [0.3, 0.4) is 0 Å². The lowest BCUT2D eigenvalue weighted by Gasteiger charge is -2.20. The van der Waals surface area contributed by atoms with E-state index in [1.807, 2.05) is 0 Å². The molecule has 12 rings (SSSR count). The molecule has 66 heavy (non-hydrogen) atoms. The van der Waals surface area contributed by atoms with Crippen LogP contribution >= 0.6 is 0 Å². The normalized spacial score (nSPS) is 11.6. The summed E-state index contributed by atoms with van der Waals surface area (Å²) >= 11 is 0. The van der Waals surface area contributed by atoms with Crippen LogP contribution in [0.25, 0.3) is 122 Å². The van der Waals surface area contributed by atoms with Gasteiger partial charge in [0.1, 0.15) is 0 Å². The fourth-order valence-corrected chi connectivity index (χ4v) is 10.3. The van der Waals surface area contributed by atoms with E-state index in [0.29, 0.717) is 0 Å². The van der Waals surface area contributed by atoms with E-state index in [4.69, 9.17) is 0 Å². The Balaban J connectivity index is 0.901. The highest BCUT2D eigenvalue weighted by molar-refractivity contribution is 6.23. The first-order chi connectivity index (χ1) is 32.8. The van der Waals surface area contributed by atoms with Crippen LogP contribution in [0.2, 0.25) is 0 Å². The van der Waals surface area contributed by atoms with Crippen molar-refractivity contribution in [2.75, 3.05) is 0 Å². The summed E-state index contributed by atoms with van der Waals surface area (Å²) in [7, 11) is 0. The van der Waals surface area contributed by atoms with E-state index in [2.05, 4.69) is 267 Å². The zero-order valence-electron chi connectivity index (χ0n) is 36.4. The van der Waals surface area contributed by atoms with Gasteiger partial charge in [0.05, 0.1) is 0 Å². The van der Waals surface area contributed by atoms with Crippen LogP contribution in [-0.4, -0.2) is 0 Å². The Bertz CT molecular complexity index is 3670. The van der Waals surface area contributed by atoms with Gasteiger partial charge in [-0.25, -0.2) is 0 Å². The molecule has 0 heterocycles. The van der Waals surface area contributed by atoms with E-state index in [1.54, 1.807) is 0 Å². The van der Waals surface area contributed by atoms with Gasteiger partial charge in [0, 0.05) is 0 Å². The minimum atomic E-state index is 1.15. The molecule has 0 aliphatic carbocycles. The number of fused-ring (bicyclic) bond motifs is 4. The maximum atomic E-state index is 2.36. The molecule has 0 N–H and O–H groups in total. The van der Waals surface area contributed by atoms with Gasteiger partial charge in [-0.1, -0.05) is 261 Å². The maximum Gasteiger partial charge on any atom is -0.00201 e. The third kappa shape index (κ3) is 6.88. The third-order valence-electron chi connectivity index (χ3n) is 13.3. The predicted molar refractivity (Wildman–Crippen MR) is 284 cm³/mol. The monoisotopic (exact) mass is 836 g/mol. The summed E-state index contributed by atoms with van der Waals surface area (Å²) in [6, 6.07) is 92.9. The van der Waals surface area contributed by atoms with Gasteiger partial charge >= 0.3 is 0 Å². The van der Waals surface area contributed by atoms with Crippen molar-refractivity contribution in [3.63, 3.8) is 0 Å². The van der Waals surface area contributed by atoms with Crippen LogP contribution in [0, 0.1) is 0 Å². The SMILES string of the molecule is C(=Cc1ccccc1-c1ccccc1-c1c2ccccc2c(-c2ccccc2)c2ccccc12)c1ccc(-c2cccc(-c3c4ccccc4c(-c4ccccc4)c4ccccc34)c2)cc1. The second-order valence-corrected chi connectivity index (χ2v) is 17.1. The zero-order valence-corrected chi connectivity index (χ0v) is 36.4. The minimum Gasteiger partial charge on any atom is -0.0622 e. The van der Waals surface area contributed by atoms with E-state index in [0.717, 1.165) is 5.56 Å². The molecule has 0 spiro atoms. The molecule has 308 valence electrons. The van der Waals surface area contributed by atoms with Gasteiger partial charge in [0.15, 0.2) is 0 Å². The molecule has 12 aromatic rings. The number of hydrogen-bond acceptors (Lipinski definition) is 0. The Hall–Kier alpha value is -8.58. The van der Waals surface area contributed by atoms with Gasteiger partial charge in [-0.05, 0) is 127 Å². The van der Waals surface area contributed by atoms with E-state index in [1.165, 1.54) is 115 Å². The molecule has 12 aromatic carbocycles. The summed E-state index contributed by atoms with van der Waals surface area (Å²) in [5.74, 6) is 0. The van der Waals surface area contributed by atoms with Crippen molar-refractivity contribution in [3.05, 3.63) is 266 Å².